The maximum absolute atomic E-state index is 14.7. The van der Waals surface area contributed by atoms with Crippen molar-refractivity contribution in [2.45, 2.75) is 13.5 Å². The first-order valence-corrected chi connectivity index (χ1v) is 9.34. The molecule has 0 radical (unpaired) electrons. The predicted molar refractivity (Wildman–Crippen MR) is 112 cm³/mol. The van der Waals surface area contributed by atoms with Crippen LogP contribution in [0.15, 0.2) is 61.4 Å². The number of anilines is 1. The van der Waals surface area contributed by atoms with Gasteiger partial charge >= 0.3 is 0 Å². The summed E-state index contributed by atoms with van der Waals surface area (Å²) in [4.78, 5) is 20.0. The van der Waals surface area contributed by atoms with Crippen LogP contribution in [0.1, 0.15) is 22.5 Å². The highest BCUT2D eigenvalue weighted by Crippen LogP contribution is 2.22. The molecule has 0 unspecified atom stereocenters. The Morgan fingerprint density at radius 2 is 1.87 bits per heavy atom. The van der Waals surface area contributed by atoms with Crippen molar-refractivity contribution < 1.29 is 8.78 Å². The van der Waals surface area contributed by atoms with E-state index in [1.807, 2.05) is 6.92 Å². The smallest absolute Gasteiger partial charge is 0.199 e. The first-order chi connectivity index (χ1) is 15.1. The average Bonchev–Trinajstić information content (AvgIpc) is 2.78. The van der Waals surface area contributed by atoms with Crippen molar-refractivity contribution in [2.75, 3.05) is 5.32 Å². The zero-order valence-corrected chi connectivity index (χ0v) is 16.5. The molecule has 1 N–H and O–H groups in total. The normalized spacial score (nSPS) is 10.3. The Labute approximate surface area is 177 Å². The second-order valence-corrected chi connectivity index (χ2v) is 6.59. The van der Waals surface area contributed by atoms with E-state index >= 15 is 0 Å². The van der Waals surface area contributed by atoms with Gasteiger partial charge in [0.1, 0.15) is 17.8 Å². The van der Waals surface area contributed by atoms with E-state index in [0.29, 0.717) is 16.7 Å². The standard InChI is InChI=1S/C23H16F2N6/c1-15-9-18(6-8-27-15)22-19(24)10-17(12-28-22)13-29-23-21(25)20(30-14-31-23)5-4-16-3-2-7-26-11-16/h2-3,6-12,14H,13H2,1H3,(H,29,30,31). The maximum atomic E-state index is 14.7. The van der Waals surface area contributed by atoms with Gasteiger partial charge in [0, 0.05) is 48.2 Å². The van der Waals surface area contributed by atoms with E-state index in [1.165, 1.54) is 18.6 Å². The Bertz CT molecular complexity index is 1280. The summed E-state index contributed by atoms with van der Waals surface area (Å²) < 4.78 is 29.2. The molecule has 0 aliphatic rings. The molecule has 0 saturated carbocycles. The lowest BCUT2D eigenvalue weighted by atomic mass is 10.1. The van der Waals surface area contributed by atoms with Crippen LogP contribution in [-0.4, -0.2) is 24.9 Å². The number of hydrogen-bond acceptors (Lipinski definition) is 6. The minimum Gasteiger partial charge on any atom is -0.363 e. The number of nitrogens with zero attached hydrogens (tertiary/aromatic N) is 5. The molecule has 8 heteroatoms. The molecule has 0 amide bonds. The van der Waals surface area contributed by atoms with E-state index in [9.17, 15) is 8.78 Å². The van der Waals surface area contributed by atoms with Gasteiger partial charge in [-0.15, -0.1) is 0 Å². The van der Waals surface area contributed by atoms with Crippen molar-refractivity contribution in [1.82, 2.24) is 24.9 Å². The molecular formula is C23H16F2N6. The van der Waals surface area contributed by atoms with E-state index in [2.05, 4.69) is 42.1 Å². The monoisotopic (exact) mass is 414 g/mol. The zero-order chi connectivity index (χ0) is 21.6. The van der Waals surface area contributed by atoms with Gasteiger partial charge in [-0.2, -0.15) is 4.39 Å². The fraction of sp³-hybridized carbons (Fsp3) is 0.0870. The van der Waals surface area contributed by atoms with E-state index < -0.39 is 11.6 Å². The van der Waals surface area contributed by atoms with Crippen molar-refractivity contribution in [3.63, 3.8) is 0 Å². The van der Waals surface area contributed by atoms with Crippen LogP contribution in [0.2, 0.25) is 0 Å². The first kappa shape index (κ1) is 20.0. The van der Waals surface area contributed by atoms with Crippen LogP contribution < -0.4 is 5.32 Å². The topological polar surface area (TPSA) is 76.5 Å². The molecule has 0 aromatic carbocycles. The number of aryl methyl sites for hydroxylation is 1. The molecule has 0 atom stereocenters. The number of nitrogens with one attached hydrogen (secondary N) is 1. The van der Waals surface area contributed by atoms with Gasteiger partial charge in [-0.1, -0.05) is 5.92 Å². The van der Waals surface area contributed by atoms with Gasteiger partial charge in [0.05, 0.1) is 0 Å². The summed E-state index contributed by atoms with van der Waals surface area (Å²) in [7, 11) is 0. The highest BCUT2D eigenvalue weighted by Gasteiger charge is 2.11. The highest BCUT2D eigenvalue weighted by atomic mass is 19.1. The summed E-state index contributed by atoms with van der Waals surface area (Å²) in [5.74, 6) is 4.29. The molecule has 4 aromatic rings. The van der Waals surface area contributed by atoms with Gasteiger partial charge in [0.25, 0.3) is 0 Å². The van der Waals surface area contributed by atoms with Crippen molar-refractivity contribution in [2.24, 2.45) is 0 Å². The van der Waals surface area contributed by atoms with Crippen LogP contribution in [0.25, 0.3) is 11.3 Å². The Kier molecular flexibility index (Phi) is 5.85. The Morgan fingerprint density at radius 3 is 2.65 bits per heavy atom. The molecule has 4 rings (SSSR count). The SMILES string of the molecule is Cc1cc(-c2ncc(CNc3ncnc(C#Cc4cccnc4)c3F)cc2F)ccn1. The Balaban J connectivity index is 1.50. The molecule has 0 bridgehead atoms. The summed E-state index contributed by atoms with van der Waals surface area (Å²) in [5.41, 5.74) is 2.77. The molecule has 0 fully saturated rings. The highest BCUT2D eigenvalue weighted by molar-refractivity contribution is 5.60. The van der Waals surface area contributed by atoms with E-state index in [0.717, 1.165) is 5.69 Å². The molecule has 0 spiro atoms. The zero-order valence-electron chi connectivity index (χ0n) is 16.5. The summed E-state index contributed by atoms with van der Waals surface area (Å²) in [5, 5.41) is 2.84. The molecule has 0 aliphatic heterocycles. The molecule has 4 aromatic heterocycles. The predicted octanol–water partition coefficient (Wildman–Crippen LogP) is 3.93. The summed E-state index contributed by atoms with van der Waals surface area (Å²) in [6, 6.07) is 8.31. The minimum absolute atomic E-state index is 0.0280. The van der Waals surface area contributed by atoms with Gasteiger partial charge in [0.15, 0.2) is 17.3 Å². The van der Waals surface area contributed by atoms with Gasteiger partial charge in [-0.3, -0.25) is 15.0 Å². The van der Waals surface area contributed by atoms with Crippen LogP contribution in [0.3, 0.4) is 0 Å². The van der Waals surface area contributed by atoms with Crippen LogP contribution in [-0.2, 0) is 6.54 Å². The van der Waals surface area contributed by atoms with Gasteiger partial charge < -0.3 is 5.32 Å². The van der Waals surface area contributed by atoms with Gasteiger partial charge in [-0.05, 0) is 48.7 Å². The quantitative estimate of drug-likeness (QED) is 0.510. The van der Waals surface area contributed by atoms with Crippen LogP contribution >= 0.6 is 0 Å². The molecular weight excluding hydrogens is 398 g/mol. The van der Waals surface area contributed by atoms with E-state index in [1.54, 1.807) is 42.9 Å². The molecule has 6 nitrogen and oxygen atoms in total. The third kappa shape index (κ3) is 4.85. The Hall–Kier alpha value is -4.25. The average molecular weight is 414 g/mol. The van der Waals surface area contributed by atoms with Crippen molar-refractivity contribution in [3.8, 4) is 23.1 Å². The fourth-order valence-corrected chi connectivity index (χ4v) is 2.81. The second kappa shape index (κ2) is 9.05. The number of hydrogen-bond donors (Lipinski definition) is 1. The van der Waals surface area contributed by atoms with Gasteiger partial charge in [-0.25, -0.2) is 14.4 Å². The minimum atomic E-state index is -0.684. The number of pyridine rings is 3. The molecule has 4 heterocycles. The third-order valence-electron chi connectivity index (χ3n) is 4.30. The maximum Gasteiger partial charge on any atom is 0.199 e. The van der Waals surface area contributed by atoms with Crippen molar-refractivity contribution in [3.05, 3.63) is 95.6 Å². The summed E-state index contributed by atoms with van der Waals surface area (Å²) in [6.07, 6.45) is 7.55. The third-order valence-corrected chi connectivity index (χ3v) is 4.30. The first-order valence-electron chi connectivity index (χ1n) is 9.34. The lowest BCUT2D eigenvalue weighted by molar-refractivity contribution is 0.611. The van der Waals surface area contributed by atoms with E-state index in [4.69, 9.17) is 0 Å². The van der Waals surface area contributed by atoms with Crippen LogP contribution in [0, 0.1) is 30.4 Å². The Morgan fingerprint density at radius 1 is 0.968 bits per heavy atom. The number of aromatic nitrogens is 5. The fourth-order valence-electron chi connectivity index (χ4n) is 2.81. The second-order valence-electron chi connectivity index (χ2n) is 6.59. The van der Waals surface area contributed by atoms with Crippen molar-refractivity contribution in [1.29, 1.82) is 0 Å². The number of rotatable bonds is 4. The van der Waals surface area contributed by atoms with Crippen LogP contribution in [0.4, 0.5) is 14.6 Å². The molecule has 31 heavy (non-hydrogen) atoms. The lowest BCUT2D eigenvalue weighted by Gasteiger charge is -2.09. The van der Waals surface area contributed by atoms with Gasteiger partial charge in [0.2, 0.25) is 0 Å². The van der Waals surface area contributed by atoms with Crippen molar-refractivity contribution >= 4 is 5.82 Å². The van der Waals surface area contributed by atoms with E-state index in [-0.39, 0.29) is 23.8 Å². The largest absolute Gasteiger partial charge is 0.363 e. The summed E-state index contributed by atoms with van der Waals surface area (Å²) >= 11 is 0. The number of halogens is 2. The molecule has 0 saturated heterocycles. The molecule has 152 valence electrons. The summed E-state index contributed by atoms with van der Waals surface area (Å²) in [6.45, 7) is 1.95. The van der Waals surface area contributed by atoms with Crippen LogP contribution in [0.5, 0.6) is 0 Å². The lowest BCUT2D eigenvalue weighted by Crippen LogP contribution is -2.07. The molecule has 0 aliphatic carbocycles.